The van der Waals surface area contributed by atoms with E-state index in [1.54, 1.807) is 6.92 Å². The zero-order valence-corrected chi connectivity index (χ0v) is 8.81. The van der Waals surface area contributed by atoms with Crippen LogP contribution in [0.2, 0.25) is 0 Å². The molecule has 0 aliphatic rings. The van der Waals surface area contributed by atoms with E-state index in [-0.39, 0.29) is 18.0 Å². The Morgan fingerprint density at radius 2 is 2.27 bits per heavy atom. The van der Waals surface area contributed by atoms with Crippen molar-refractivity contribution in [3.8, 4) is 0 Å². The van der Waals surface area contributed by atoms with E-state index in [4.69, 9.17) is 0 Å². The maximum atomic E-state index is 11.0. The number of H-pyrrole nitrogens is 1. The standard InChI is InChI=1S/C6H7N3O4.C2H6/c1-2-13-6(10)5-4(9(11)12)3-7-8-5;1-2/h3H,2H2,1H3,(H,7,8);1-2H3. The smallest absolute Gasteiger partial charge is 0.363 e. The number of aromatic amines is 1. The Labute approximate surface area is 86.6 Å². The van der Waals surface area contributed by atoms with E-state index in [2.05, 4.69) is 14.9 Å². The number of nitro groups is 1. The highest BCUT2D eigenvalue weighted by atomic mass is 16.6. The number of hydrogen-bond acceptors (Lipinski definition) is 5. The lowest BCUT2D eigenvalue weighted by Crippen LogP contribution is -2.07. The summed E-state index contributed by atoms with van der Waals surface area (Å²) in [6.07, 6.45) is 0.965. The number of carbonyl (C=O) groups is 1. The average molecular weight is 215 g/mol. The Balaban J connectivity index is 0.000000921. The Hall–Kier alpha value is -1.92. The predicted octanol–water partition coefficient (Wildman–Crippen LogP) is 1.52. The molecule has 0 aliphatic heterocycles. The van der Waals surface area contributed by atoms with Gasteiger partial charge in [0, 0.05) is 0 Å². The first-order valence-electron chi connectivity index (χ1n) is 4.51. The summed E-state index contributed by atoms with van der Waals surface area (Å²) >= 11 is 0. The molecule has 1 N–H and O–H groups in total. The number of ether oxygens (including phenoxy) is 1. The van der Waals surface area contributed by atoms with Crippen LogP contribution in [-0.4, -0.2) is 27.7 Å². The van der Waals surface area contributed by atoms with Gasteiger partial charge in [0.2, 0.25) is 5.69 Å². The van der Waals surface area contributed by atoms with E-state index in [9.17, 15) is 14.9 Å². The van der Waals surface area contributed by atoms with E-state index in [0.717, 1.165) is 6.20 Å². The van der Waals surface area contributed by atoms with Gasteiger partial charge in [0.05, 0.1) is 11.5 Å². The van der Waals surface area contributed by atoms with Crippen LogP contribution in [0.25, 0.3) is 0 Å². The quantitative estimate of drug-likeness (QED) is 0.468. The molecule has 0 atom stereocenters. The van der Waals surface area contributed by atoms with E-state index >= 15 is 0 Å². The third kappa shape index (κ3) is 3.37. The van der Waals surface area contributed by atoms with Crippen LogP contribution < -0.4 is 0 Å². The summed E-state index contributed by atoms with van der Waals surface area (Å²) in [6, 6.07) is 0. The zero-order valence-electron chi connectivity index (χ0n) is 8.81. The number of nitrogens with zero attached hydrogens (tertiary/aromatic N) is 2. The van der Waals surface area contributed by atoms with Gasteiger partial charge in [0.15, 0.2) is 0 Å². The molecule has 0 unspecified atom stereocenters. The maximum absolute atomic E-state index is 11.0. The van der Waals surface area contributed by atoms with Crippen LogP contribution in [0.5, 0.6) is 0 Å². The van der Waals surface area contributed by atoms with E-state index < -0.39 is 10.9 Å². The van der Waals surface area contributed by atoms with E-state index in [0.29, 0.717) is 0 Å². The Morgan fingerprint density at radius 1 is 1.67 bits per heavy atom. The number of esters is 1. The first-order valence-corrected chi connectivity index (χ1v) is 4.51. The molecular weight excluding hydrogens is 202 g/mol. The van der Waals surface area contributed by atoms with Gasteiger partial charge >= 0.3 is 11.7 Å². The minimum atomic E-state index is -0.772. The molecule has 0 aromatic carbocycles. The minimum absolute atomic E-state index is 0.162. The van der Waals surface area contributed by atoms with Crippen molar-refractivity contribution in [2.45, 2.75) is 20.8 Å². The fraction of sp³-hybridized carbons (Fsp3) is 0.500. The van der Waals surface area contributed by atoms with Crippen LogP contribution >= 0.6 is 0 Å². The molecule has 1 heterocycles. The molecule has 0 saturated heterocycles. The maximum Gasteiger partial charge on any atom is 0.363 e. The highest BCUT2D eigenvalue weighted by Gasteiger charge is 2.23. The van der Waals surface area contributed by atoms with Gasteiger partial charge in [-0.1, -0.05) is 13.8 Å². The molecule has 15 heavy (non-hydrogen) atoms. The second-order valence-corrected chi connectivity index (χ2v) is 2.11. The summed E-state index contributed by atoms with van der Waals surface area (Å²) in [5, 5.41) is 15.9. The lowest BCUT2D eigenvalue weighted by atomic mass is 10.4. The van der Waals surface area contributed by atoms with Crippen molar-refractivity contribution < 1.29 is 14.5 Å². The second-order valence-electron chi connectivity index (χ2n) is 2.11. The molecule has 0 bridgehead atoms. The topological polar surface area (TPSA) is 98.1 Å². The van der Waals surface area contributed by atoms with Crippen molar-refractivity contribution in [1.29, 1.82) is 0 Å². The third-order valence-electron chi connectivity index (χ3n) is 1.30. The van der Waals surface area contributed by atoms with Crippen LogP contribution in [0.1, 0.15) is 31.3 Å². The molecule has 0 amide bonds. The van der Waals surface area contributed by atoms with E-state index in [1.165, 1.54) is 0 Å². The first-order chi connectivity index (χ1) is 7.16. The molecule has 0 radical (unpaired) electrons. The highest BCUT2D eigenvalue weighted by Crippen LogP contribution is 2.14. The van der Waals surface area contributed by atoms with Gasteiger partial charge in [-0.2, -0.15) is 5.10 Å². The summed E-state index contributed by atoms with van der Waals surface area (Å²) < 4.78 is 4.56. The number of aromatic nitrogens is 2. The van der Waals surface area contributed by atoms with Gasteiger partial charge in [-0.3, -0.25) is 15.2 Å². The molecule has 1 aromatic rings. The molecule has 7 nitrogen and oxygen atoms in total. The first kappa shape index (κ1) is 13.1. The SMILES string of the molecule is CC.CCOC(=O)c1[nH]ncc1[N+](=O)[O-]. The molecule has 0 spiro atoms. The Kier molecular flexibility index (Phi) is 5.69. The lowest BCUT2D eigenvalue weighted by Gasteiger charge is -1.96. The van der Waals surface area contributed by atoms with Gasteiger partial charge < -0.3 is 4.74 Å². The van der Waals surface area contributed by atoms with Crippen molar-refractivity contribution in [3.63, 3.8) is 0 Å². The van der Waals surface area contributed by atoms with Gasteiger partial charge in [0.1, 0.15) is 6.20 Å². The fourth-order valence-electron chi connectivity index (χ4n) is 0.772. The highest BCUT2D eigenvalue weighted by molar-refractivity contribution is 5.91. The van der Waals surface area contributed by atoms with Crippen molar-refractivity contribution in [1.82, 2.24) is 10.2 Å². The molecule has 84 valence electrons. The largest absolute Gasteiger partial charge is 0.461 e. The van der Waals surface area contributed by atoms with Gasteiger partial charge in [-0.25, -0.2) is 4.79 Å². The normalized spacial score (nSPS) is 8.73. The summed E-state index contributed by atoms with van der Waals surface area (Å²) in [6.45, 7) is 5.77. The zero-order chi connectivity index (χ0) is 11.8. The summed E-state index contributed by atoms with van der Waals surface area (Å²) in [5.74, 6) is -0.772. The van der Waals surface area contributed by atoms with Gasteiger partial charge in [0.25, 0.3) is 0 Å². The molecule has 1 aromatic heterocycles. The number of rotatable bonds is 3. The predicted molar refractivity (Wildman–Crippen MR) is 52.5 cm³/mol. The second kappa shape index (κ2) is 6.52. The summed E-state index contributed by atoms with van der Waals surface area (Å²) in [5.41, 5.74) is -0.606. The Bertz CT molecular complexity index is 334. The molecular formula is C8H13N3O4. The van der Waals surface area contributed by atoms with Gasteiger partial charge in [-0.05, 0) is 6.92 Å². The van der Waals surface area contributed by atoms with Crippen LogP contribution in [0.15, 0.2) is 6.20 Å². The monoisotopic (exact) mass is 215 g/mol. The Morgan fingerprint density at radius 3 is 2.73 bits per heavy atom. The summed E-state index contributed by atoms with van der Waals surface area (Å²) in [7, 11) is 0. The molecule has 0 saturated carbocycles. The number of hydrogen-bond donors (Lipinski definition) is 1. The van der Waals surface area contributed by atoms with Crippen LogP contribution in [-0.2, 0) is 4.74 Å². The molecule has 0 fully saturated rings. The van der Waals surface area contributed by atoms with Crippen LogP contribution in [0.4, 0.5) is 5.69 Å². The van der Waals surface area contributed by atoms with E-state index in [1.807, 2.05) is 13.8 Å². The van der Waals surface area contributed by atoms with Crippen LogP contribution in [0.3, 0.4) is 0 Å². The van der Waals surface area contributed by atoms with Gasteiger partial charge in [-0.15, -0.1) is 0 Å². The number of carbonyl (C=O) groups excluding carboxylic acids is 1. The third-order valence-corrected chi connectivity index (χ3v) is 1.30. The lowest BCUT2D eigenvalue weighted by molar-refractivity contribution is -0.385. The van der Waals surface area contributed by atoms with Crippen molar-refractivity contribution in [2.24, 2.45) is 0 Å². The minimum Gasteiger partial charge on any atom is -0.461 e. The van der Waals surface area contributed by atoms with Crippen LogP contribution in [0, 0.1) is 10.1 Å². The summed E-state index contributed by atoms with van der Waals surface area (Å²) in [4.78, 5) is 20.7. The van der Waals surface area contributed by atoms with Crippen molar-refractivity contribution >= 4 is 11.7 Å². The average Bonchev–Trinajstić information content (AvgIpc) is 2.69. The van der Waals surface area contributed by atoms with Crippen molar-refractivity contribution in [2.75, 3.05) is 6.61 Å². The molecule has 7 heteroatoms. The fourth-order valence-corrected chi connectivity index (χ4v) is 0.772. The number of nitrogens with one attached hydrogen (secondary N) is 1. The van der Waals surface area contributed by atoms with Crippen molar-refractivity contribution in [3.05, 3.63) is 22.0 Å². The molecule has 1 rings (SSSR count). The molecule has 0 aliphatic carbocycles.